The van der Waals surface area contributed by atoms with Crippen molar-refractivity contribution in [3.05, 3.63) is 49.3 Å². The van der Waals surface area contributed by atoms with Gasteiger partial charge in [-0.25, -0.2) is 0 Å². The zero-order valence-electron chi connectivity index (χ0n) is 18.8. The van der Waals surface area contributed by atoms with E-state index in [-0.39, 0.29) is 65.7 Å². The lowest BCUT2D eigenvalue weighted by Gasteiger charge is -2.42. The Morgan fingerprint density at radius 2 is 1.42 bits per heavy atom. The van der Waals surface area contributed by atoms with Crippen LogP contribution in [0.1, 0.15) is 64.9 Å². The van der Waals surface area contributed by atoms with Crippen LogP contribution in [0.4, 0.5) is 11.4 Å². The molecule has 0 saturated heterocycles. The molecule has 0 spiro atoms. The average Bonchev–Trinajstić information content (AvgIpc) is 2.63. The normalized spacial score (nSPS) is 24.1. The Morgan fingerprint density at radius 1 is 0.848 bits per heavy atom. The molecule has 0 unspecified atom stereocenters. The molecule has 1 fully saturated rings. The van der Waals surface area contributed by atoms with Gasteiger partial charge in [-0.1, -0.05) is 27.7 Å². The molecule has 0 N–H and O–H groups in total. The van der Waals surface area contributed by atoms with Crippen molar-refractivity contribution in [1.82, 2.24) is 0 Å². The summed E-state index contributed by atoms with van der Waals surface area (Å²) in [6.45, 7) is 7.30. The number of nitro benzene ring substituents is 2. The van der Waals surface area contributed by atoms with Crippen molar-refractivity contribution in [1.29, 1.82) is 0 Å². The molecule has 4 rings (SSSR count). The first kappa shape index (κ1) is 22.8. The van der Waals surface area contributed by atoms with E-state index in [4.69, 9.17) is 4.74 Å². The topological polar surface area (TPSA) is 147 Å². The number of Topliss-reactive ketones (excluding diaryl/α,β-unsaturated/α-hetero) is 3. The predicted octanol–water partition coefficient (Wildman–Crippen LogP) is 4.20. The highest BCUT2D eigenvalue weighted by Crippen LogP contribution is 2.55. The zero-order valence-corrected chi connectivity index (χ0v) is 18.8. The van der Waals surface area contributed by atoms with Gasteiger partial charge in [0.25, 0.3) is 5.69 Å². The second kappa shape index (κ2) is 7.29. The maximum Gasteiger partial charge on any atom is 0.318 e. The summed E-state index contributed by atoms with van der Waals surface area (Å²) in [5, 5.41) is 23.3. The maximum absolute atomic E-state index is 13.3. The summed E-state index contributed by atoms with van der Waals surface area (Å²) in [5.74, 6) is -3.54. The van der Waals surface area contributed by atoms with Crippen molar-refractivity contribution < 1.29 is 29.0 Å². The molecular formula is C23H24N2O8. The number of carbonyl (C=O) groups excluding carboxylic acids is 3. The monoisotopic (exact) mass is 456 g/mol. The molecule has 3 aliphatic rings. The van der Waals surface area contributed by atoms with Crippen molar-refractivity contribution in [3.63, 3.8) is 0 Å². The predicted molar refractivity (Wildman–Crippen MR) is 115 cm³/mol. The molecule has 0 radical (unpaired) electrons. The summed E-state index contributed by atoms with van der Waals surface area (Å²) < 4.78 is 5.87. The van der Waals surface area contributed by atoms with Crippen LogP contribution in [-0.4, -0.2) is 27.2 Å². The summed E-state index contributed by atoms with van der Waals surface area (Å²) in [6, 6.07) is 1.88. The van der Waals surface area contributed by atoms with E-state index in [1.807, 2.05) is 13.8 Å². The van der Waals surface area contributed by atoms with E-state index in [2.05, 4.69) is 0 Å². The fourth-order valence-electron chi connectivity index (χ4n) is 5.32. The minimum absolute atomic E-state index is 0.0332. The standard InChI is InChI=1S/C23H24N2O8/c1-22(2)7-14(26)19(15(27)8-22)18-12-5-11(24(29)30)6-13(25(31)32)21(12)33-17-10-23(3,4)9-16(28)20(17)18/h5-6,18-19H,7-10H2,1-4H3/t18-/m1/s1. The minimum Gasteiger partial charge on any atom is -0.454 e. The largest absolute Gasteiger partial charge is 0.454 e. The van der Waals surface area contributed by atoms with Gasteiger partial charge in [-0.15, -0.1) is 0 Å². The second-order valence-corrected chi connectivity index (χ2v) is 10.7. The fraction of sp³-hybridized carbons (Fsp3) is 0.522. The van der Waals surface area contributed by atoms with Gasteiger partial charge in [0.05, 0.1) is 21.8 Å². The van der Waals surface area contributed by atoms with Gasteiger partial charge >= 0.3 is 5.69 Å². The molecule has 0 bridgehead atoms. The van der Waals surface area contributed by atoms with E-state index >= 15 is 0 Å². The Balaban J connectivity index is 2.00. The summed E-state index contributed by atoms with van der Waals surface area (Å²) in [7, 11) is 0. The number of ketones is 3. The smallest absolute Gasteiger partial charge is 0.318 e. The molecular weight excluding hydrogens is 432 g/mol. The quantitative estimate of drug-likeness (QED) is 0.373. The van der Waals surface area contributed by atoms with Crippen molar-refractivity contribution in [2.45, 2.75) is 59.3 Å². The molecule has 1 saturated carbocycles. The van der Waals surface area contributed by atoms with Gasteiger partial charge in [0, 0.05) is 48.8 Å². The number of nitrogens with zero attached hydrogens (tertiary/aromatic N) is 2. The van der Waals surface area contributed by atoms with Crippen LogP contribution in [0.25, 0.3) is 0 Å². The number of ether oxygens (including phenoxy) is 1. The van der Waals surface area contributed by atoms with E-state index in [9.17, 15) is 34.6 Å². The van der Waals surface area contributed by atoms with E-state index in [0.717, 1.165) is 12.1 Å². The first-order valence-electron chi connectivity index (χ1n) is 10.7. The van der Waals surface area contributed by atoms with Crippen LogP contribution in [-0.2, 0) is 14.4 Å². The maximum atomic E-state index is 13.3. The zero-order chi connectivity index (χ0) is 24.5. The van der Waals surface area contributed by atoms with Crippen molar-refractivity contribution >= 4 is 28.7 Å². The summed E-state index contributed by atoms with van der Waals surface area (Å²) in [6.07, 6.45) is 0.599. The third-order valence-electron chi connectivity index (χ3n) is 6.57. The summed E-state index contributed by atoms with van der Waals surface area (Å²) in [5.41, 5.74) is -2.16. The van der Waals surface area contributed by atoms with Crippen LogP contribution in [0.5, 0.6) is 5.75 Å². The number of allylic oxidation sites excluding steroid dienone is 2. The van der Waals surface area contributed by atoms with Gasteiger partial charge in [-0.3, -0.25) is 34.6 Å². The molecule has 33 heavy (non-hydrogen) atoms. The lowest BCUT2D eigenvalue weighted by molar-refractivity contribution is -0.394. The van der Waals surface area contributed by atoms with Gasteiger partial charge in [-0.05, 0) is 10.8 Å². The Labute approximate surface area is 189 Å². The van der Waals surface area contributed by atoms with Crippen LogP contribution in [0.2, 0.25) is 0 Å². The third kappa shape index (κ3) is 3.83. The number of benzene rings is 1. The lowest BCUT2D eigenvalue weighted by atomic mass is 9.62. The molecule has 0 aromatic heterocycles. The Kier molecular flexibility index (Phi) is 5.03. The number of nitro groups is 2. The van der Waals surface area contributed by atoms with E-state index in [1.54, 1.807) is 13.8 Å². The van der Waals surface area contributed by atoms with E-state index in [1.165, 1.54) is 0 Å². The van der Waals surface area contributed by atoms with Gasteiger partial charge in [0.15, 0.2) is 5.78 Å². The van der Waals surface area contributed by atoms with Crippen molar-refractivity contribution in [3.8, 4) is 5.75 Å². The molecule has 0 amide bonds. The van der Waals surface area contributed by atoms with Gasteiger partial charge in [-0.2, -0.15) is 0 Å². The van der Waals surface area contributed by atoms with Crippen molar-refractivity contribution in [2.75, 3.05) is 0 Å². The van der Waals surface area contributed by atoms with Crippen LogP contribution in [0.15, 0.2) is 23.5 Å². The summed E-state index contributed by atoms with van der Waals surface area (Å²) >= 11 is 0. The van der Waals surface area contributed by atoms with Crippen LogP contribution in [0, 0.1) is 37.0 Å². The molecule has 1 aromatic rings. The number of rotatable bonds is 3. The minimum atomic E-state index is -1.25. The Bertz CT molecular complexity index is 1160. The van der Waals surface area contributed by atoms with Gasteiger partial charge < -0.3 is 4.74 Å². The number of non-ortho nitro benzene ring substituents is 1. The number of carbonyl (C=O) groups is 3. The van der Waals surface area contributed by atoms with Crippen LogP contribution in [0.3, 0.4) is 0 Å². The first-order valence-corrected chi connectivity index (χ1v) is 10.7. The van der Waals surface area contributed by atoms with Crippen LogP contribution < -0.4 is 4.74 Å². The molecule has 10 nitrogen and oxygen atoms in total. The third-order valence-corrected chi connectivity index (χ3v) is 6.57. The van der Waals surface area contributed by atoms with E-state index < -0.39 is 43.9 Å². The van der Waals surface area contributed by atoms with Crippen LogP contribution >= 0.6 is 0 Å². The lowest BCUT2D eigenvalue weighted by Crippen LogP contribution is -2.44. The molecule has 1 atom stereocenters. The number of fused-ring (bicyclic) bond motifs is 1. The SMILES string of the molecule is CC1(C)CC(=O)C([C@@H]2C3=C(CC(C)(C)CC3=O)Oc3c2cc([N+](=O)[O-])cc3[N+](=O)[O-])C(=O)C1. The summed E-state index contributed by atoms with van der Waals surface area (Å²) in [4.78, 5) is 61.4. The highest BCUT2D eigenvalue weighted by Gasteiger charge is 2.52. The number of hydrogen-bond acceptors (Lipinski definition) is 8. The highest BCUT2D eigenvalue weighted by atomic mass is 16.6. The second-order valence-electron chi connectivity index (χ2n) is 10.7. The average molecular weight is 456 g/mol. The molecule has 1 aliphatic heterocycles. The highest BCUT2D eigenvalue weighted by molar-refractivity contribution is 6.09. The van der Waals surface area contributed by atoms with Gasteiger partial charge in [0.2, 0.25) is 5.75 Å². The molecule has 1 heterocycles. The fourth-order valence-corrected chi connectivity index (χ4v) is 5.32. The van der Waals surface area contributed by atoms with Crippen molar-refractivity contribution in [2.24, 2.45) is 16.7 Å². The number of hydrogen-bond donors (Lipinski definition) is 0. The molecule has 2 aliphatic carbocycles. The van der Waals surface area contributed by atoms with E-state index in [0.29, 0.717) is 0 Å². The Hall–Kier alpha value is -3.43. The molecule has 10 heteroatoms. The van der Waals surface area contributed by atoms with Gasteiger partial charge in [0.1, 0.15) is 17.3 Å². The first-order chi connectivity index (χ1) is 15.2. The Morgan fingerprint density at radius 3 is 1.97 bits per heavy atom. The molecule has 174 valence electrons. The molecule has 1 aromatic carbocycles.